The molecule has 2 heterocycles. The van der Waals surface area contributed by atoms with Crippen molar-refractivity contribution in [1.82, 2.24) is 20.1 Å². The summed E-state index contributed by atoms with van der Waals surface area (Å²) >= 11 is 0. The van der Waals surface area contributed by atoms with E-state index in [0.717, 1.165) is 11.2 Å². The molecule has 0 aliphatic carbocycles. The van der Waals surface area contributed by atoms with E-state index in [1.807, 2.05) is 43.3 Å². The lowest BCUT2D eigenvalue weighted by molar-refractivity contribution is 0.643. The fraction of sp³-hybridized carbons (Fsp3) is 0.250. The van der Waals surface area contributed by atoms with Crippen LogP contribution in [0.15, 0.2) is 42.7 Å². The number of nitrogens with zero attached hydrogens (tertiary/aromatic N) is 3. The molecule has 4 nitrogen and oxygen atoms in total. The molecule has 1 N–H and O–H groups in total. The van der Waals surface area contributed by atoms with Crippen molar-refractivity contribution in [3.63, 3.8) is 0 Å². The van der Waals surface area contributed by atoms with Crippen LogP contribution < -0.4 is 5.32 Å². The normalized spacial score (nSPS) is 12.8. The molecule has 3 rings (SSSR count). The average Bonchev–Trinajstić information content (AvgIpc) is 2.80. The van der Waals surface area contributed by atoms with Gasteiger partial charge in [-0.2, -0.15) is 5.10 Å². The van der Waals surface area contributed by atoms with Crippen molar-refractivity contribution in [1.29, 1.82) is 0 Å². The van der Waals surface area contributed by atoms with E-state index in [1.54, 1.807) is 0 Å². The molecule has 0 aliphatic rings. The molecule has 102 valence electrons. The maximum atomic E-state index is 4.70. The Balaban J connectivity index is 2.20. The van der Waals surface area contributed by atoms with Gasteiger partial charge >= 0.3 is 0 Å². The number of aryl methyl sites for hydroxylation is 2. The largest absolute Gasteiger partial charge is 0.308 e. The molecular formula is C16H18N4. The van der Waals surface area contributed by atoms with E-state index in [4.69, 9.17) is 5.10 Å². The smallest absolute Gasteiger partial charge is 0.0918 e. The van der Waals surface area contributed by atoms with Gasteiger partial charge in [0.05, 0.1) is 17.3 Å². The Hall–Kier alpha value is -2.20. The monoisotopic (exact) mass is 266 g/mol. The third-order valence-corrected chi connectivity index (χ3v) is 3.74. The predicted octanol–water partition coefficient (Wildman–Crippen LogP) is 2.59. The molecule has 20 heavy (non-hydrogen) atoms. The molecule has 1 aromatic carbocycles. The number of hydrogen-bond acceptors (Lipinski definition) is 3. The molecule has 1 unspecified atom stereocenters. The van der Waals surface area contributed by atoms with E-state index in [0.29, 0.717) is 0 Å². The average molecular weight is 266 g/mol. The second-order valence-corrected chi connectivity index (χ2v) is 4.98. The van der Waals surface area contributed by atoms with Gasteiger partial charge in [0, 0.05) is 24.8 Å². The van der Waals surface area contributed by atoms with Crippen LogP contribution in [0.3, 0.4) is 0 Å². The highest BCUT2D eigenvalue weighted by molar-refractivity contribution is 5.82. The minimum atomic E-state index is 0.0507. The molecular weight excluding hydrogens is 248 g/mol. The zero-order chi connectivity index (χ0) is 14.1. The van der Waals surface area contributed by atoms with Crippen LogP contribution in [0.25, 0.3) is 10.9 Å². The number of aromatic nitrogens is 3. The highest BCUT2D eigenvalue weighted by Crippen LogP contribution is 2.28. The Bertz CT molecular complexity index is 745. The second kappa shape index (κ2) is 5.06. The van der Waals surface area contributed by atoms with Crippen molar-refractivity contribution in [2.24, 2.45) is 7.05 Å². The van der Waals surface area contributed by atoms with Crippen molar-refractivity contribution in [3.05, 3.63) is 59.5 Å². The summed E-state index contributed by atoms with van der Waals surface area (Å²) in [6, 6.07) is 10.4. The summed E-state index contributed by atoms with van der Waals surface area (Å²) in [7, 11) is 3.94. The van der Waals surface area contributed by atoms with Crippen molar-refractivity contribution in [3.8, 4) is 0 Å². The molecule has 0 amide bonds. The number of nitrogens with one attached hydrogen (secondary N) is 1. The van der Waals surface area contributed by atoms with E-state index in [9.17, 15) is 0 Å². The molecule has 0 fully saturated rings. The van der Waals surface area contributed by atoms with E-state index in [-0.39, 0.29) is 6.04 Å². The molecule has 3 aromatic rings. The van der Waals surface area contributed by atoms with Gasteiger partial charge < -0.3 is 5.32 Å². The maximum absolute atomic E-state index is 4.70. The van der Waals surface area contributed by atoms with Crippen LogP contribution in [-0.2, 0) is 7.05 Å². The SMILES string of the molecule is CNC(c1cnccc1C)c1nn(C)c2ccccc12. The molecule has 0 bridgehead atoms. The number of rotatable bonds is 3. The number of fused-ring (bicyclic) bond motifs is 1. The highest BCUT2D eigenvalue weighted by atomic mass is 15.3. The third-order valence-electron chi connectivity index (χ3n) is 3.74. The first-order valence-corrected chi connectivity index (χ1v) is 6.71. The Kier molecular flexibility index (Phi) is 3.24. The van der Waals surface area contributed by atoms with Gasteiger partial charge in [-0.1, -0.05) is 18.2 Å². The molecule has 0 saturated heterocycles. The summed E-state index contributed by atoms with van der Waals surface area (Å²) in [6.07, 6.45) is 3.74. The van der Waals surface area contributed by atoms with E-state index in [1.165, 1.54) is 16.5 Å². The molecule has 0 aliphatic heterocycles. The van der Waals surface area contributed by atoms with Gasteiger partial charge in [0.25, 0.3) is 0 Å². The molecule has 4 heteroatoms. The Morgan fingerprint density at radius 1 is 1.20 bits per heavy atom. The minimum Gasteiger partial charge on any atom is -0.308 e. The molecule has 2 aromatic heterocycles. The molecule has 1 atom stereocenters. The summed E-state index contributed by atoms with van der Waals surface area (Å²) in [5.41, 5.74) is 4.57. The van der Waals surface area contributed by atoms with Crippen LogP contribution in [0.4, 0.5) is 0 Å². The van der Waals surface area contributed by atoms with Crippen molar-refractivity contribution < 1.29 is 0 Å². The first kappa shape index (κ1) is 12.8. The topological polar surface area (TPSA) is 42.7 Å². The lowest BCUT2D eigenvalue weighted by atomic mass is 9.99. The number of benzene rings is 1. The first-order valence-electron chi connectivity index (χ1n) is 6.71. The van der Waals surface area contributed by atoms with Gasteiger partial charge in [0.15, 0.2) is 0 Å². The fourth-order valence-electron chi connectivity index (χ4n) is 2.67. The van der Waals surface area contributed by atoms with Gasteiger partial charge in [-0.3, -0.25) is 9.67 Å². The third kappa shape index (κ3) is 1.98. The van der Waals surface area contributed by atoms with Crippen LogP contribution in [0.5, 0.6) is 0 Å². The zero-order valence-electron chi connectivity index (χ0n) is 12.0. The summed E-state index contributed by atoms with van der Waals surface area (Å²) in [5, 5.41) is 9.25. The van der Waals surface area contributed by atoms with Gasteiger partial charge in [-0.25, -0.2) is 0 Å². The fourth-order valence-corrected chi connectivity index (χ4v) is 2.67. The lowest BCUT2D eigenvalue weighted by Crippen LogP contribution is -2.20. The summed E-state index contributed by atoms with van der Waals surface area (Å²) in [5.74, 6) is 0. The van der Waals surface area contributed by atoms with Crippen LogP contribution >= 0.6 is 0 Å². The Morgan fingerprint density at radius 2 is 2.00 bits per heavy atom. The van der Waals surface area contributed by atoms with E-state index in [2.05, 4.69) is 35.4 Å². The number of pyridine rings is 1. The second-order valence-electron chi connectivity index (χ2n) is 4.98. The summed E-state index contributed by atoms with van der Waals surface area (Å²) in [6.45, 7) is 2.10. The molecule has 0 saturated carbocycles. The standard InChI is InChI=1S/C16H18N4/c1-11-8-9-18-10-13(11)15(17-2)16-12-6-4-5-7-14(12)20(3)19-16/h4-10,15,17H,1-3H3. The van der Waals surface area contributed by atoms with Crippen LogP contribution in [0, 0.1) is 6.92 Å². The number of para-hydroxylation sites is 1. The zero-order valence-corrected chi connectivity index (χ0v) is 12.0. The van der Waals surface area contributed by atoms with Crippen molar-refractivity contribution in [2.45, 2.75) is 13.0 Å². The molecule has 0 spiro atoms. The van der Waals surface area contributed by atoms with Gasteiger partial charge in [-0.15, -0.1) is 0 Å². The van der Waals surface area contributed by atoms with E-state index >= 15 is 0 Å². The van der Waals surface area contributed by atoms with Crippen LogP contribution in [0.1, 0.15) is 22.9 Å². The first-order chi connectivity index (χ1) is 9.72. The summed E-state index contributed by atoms with van der Waals surface area (Å²) < 4.78 is 1.93. The van der Waals surface area contributed by atoms with Gasteiger partial charge in [0.1, 0.15) is 0 Å². The van der Waals surface area contributed by atoms with Gasteiger partial charge in [0.2, 0.25) is 0 Å². The van der Waals surface area contributed by atoms with Crippen molar-refractivity contribution >= 4 is 10.9 Å². The highest BCUT2D eigenvalue weighted by Gasteiger charge is 2.20. The quantitative estimate of drug-likeness (QED) is 0.792. The van der Waals surface area contributed by atoms with Gasteiger partial charge in [-0.05, 0) is 37.2 Å². The van der Waals surface area contributed by atoms with Crippen LogP contribution in [-0.4, -0.2) is 21.8 Å². The predicted molar refractivity (Wildman–Crippen MR) is 80.6 cm³/mol. The Morgan fingerprint density at radius 3 is 2.75 bits per heavy atom. The van der Waals surface area contributed by atoms with E-state index < -0.39 is 0 Å². The summed E-state index contributed by atoms with van der Waals surface area (Å²) in [4.78, 5) is 4.25. The Labute approximate surface area is 118 Å². The molecule has 0 radical (unpaired) electrons. The van der Waals surface area contributed by atoms with Crippen molar-refractivity contribution in [2.75, 3.05) is 7.05 Å². The minimum absolute atomic E-state index is 0.0507. The van der Waals surface area contributed by atoms with Crippen LogP contribution in [0.2, 0.25) is 0 Å². The maximum Gasteiger partial charge on any atom is 0.0918 e. The number of hydrogen-bond donors (Lipinski definition) is 1. The lowest BCUT2D eigenvalue weighted by Gasteiger charge is -2.16.